The highest BCUT2D eigenvalue weighted by atomic mass is 16.5. The first kappa shape index (κ1) is 12.6. The predicted octanol–water partition coefficient (Wildman–Crippen LogP) is 3.07. The second kappa shape index (κ2) is 4.73. The summed E-state index contributed by atoms with van der Waals surface area (Å²) in [5.74, 6) is 5.27. The van der Waals surface area contributed by atoms with Crippen LogP contribution >= 0.6 is 0 Å². The third-order valence-electron chi connectivity index (χ3n) is 6.96. The van der Waals surface area contributed by atoms with Crippen molar-refractivity contribution in [3.8, 4) is 0 Å². The molecule has 1 N–H and O–H groups in total. The van der Waals surface area contributed by atoms with Crippen LogP contribution in [0, 0.1) is 35.0 Å². The number of hydrogen-bond donors (Lipinski definition) is 1. The number of rotatable bonds is 3. The molecule has 0 spiro atoms. The number of methoxy groups -OCH3 is 1. The van der Waals surface area contributed by atoms with Crippen LogP contribution in [0.2, 0.25) is 0 Å². The highest BCUT2D eigenvalue weighted by molar-refractivity contribution is 5.05. The summed E-state index contributed by atoms with van der Waals surface area (Å²) in [5, 5.41) is 3.56. The van der Waals surface area contributed by atoms with Gasteiger partial charge in [-0.2, -0.15) is 0 Å². The first-order chi connectivity index (χ1) is 9.31. The molecule has 4 aliphatic carbocycles. The Hall–Kier alpha value is -0.0800. The molecule has 0 atom stereocenters. The maximum Gasteiger partial charge on any atom is 0.0522 e. The first-order valence-electron chi connectivity index (χ1n) is 8.50. The van der Waals surface area contributed by atoms with Crippen molar-refractivity contribution in [2.75, 3.05) is 26.8 Å². The van der Waals surface area contributed by atoms with E-state index in [-0.39, 0.29) is 0 Å². The van der Waals surface area contributed by atoms with Crippen molar-refractivity contribution in [2.24, 2.45) is 35.0 Å². The van der Waals surface area contributed by atoms with Gasteiger partial charge in [0.25, 0.3) is 0 Å². The molecule has 0 amide bonds. The van der Waals surface area contributed by atoms with Gasteiger partial charge in [-0.1, -0.05) is 0 Å². The van der Waals surface area contributed by atoms with E-state index in [1.54, 1.807) is 32.1 Å². The topological polar surface area (TPSA) is 21.3 Å². The lowest BCUT2D eigenvalue weighted by molar-refractivity contribution is -0.127. The van der Waals surface area contributed by atoms with Crippen molar-refractivity contribution in [3.05, 3.63) is 0 Å². The van der Waals surface area contributed by atoms with Crippen LogP contribution in [0.15, 0.2) is 0 Å². The maximum atomic E-state index is 5.71. The van der Waals surface area contributed by atoms with Gasteiger partial charge in [-0.25, -0.2) is 0 Å². The van der Waals surface area contributed by atoms with Crippen molar-refractivity contribution >= 4 is 0 Å². The Morgan fingerprint density at radius 2 is 1.53 bits per heavy atom. The summed E-state index contributed by atoms with van der Waals surface area (Å²) in [5.41, 5.74) is 0.516. The molecular formula is C17H29NO. The minimum atomic E-state index is 0.516. The van der Waals surface area contributed by atoms with Crippen LogP contribution in [-0.4, -0.2) is 26.8 Å². The maximum absolute atomic E-state index is 5.71. The Morgan fingerprint density at radius 1 is 0.947 bits per heavy atom. The van der Waals surface area contributed by atoms with Gasteiger partial charge in [0.1, 0.15) is 0 Å². The molecule has 0 unspecified atom stereocenters. The smallest absolute Gasteiger partial charge is 0.0522 e. The van der Waals surface area contributed by atoms with Crippen LogP contribution in [0.1, 0.15) is 44.9 Å². The Bertz CT molecular complexity index is 301. The number of nitrogens with one attached hydrogen (secondary N) is 1. The fourth-order valence-corrected chi connectivity index (χ4v) is 6.71. The largest absolute Gasteiger partial charge is 0.384 e. The van der Waals surface area contributed by atoms with Crippen molar-refractivity contribution in [2.45, 2.75) is 44.9 Å². The summed E-state index contributed by atoms with van der Waals surface area (Å²) in [6.45, 7) is 3.44. The predicted molar refractivity (Wildman–Crippen MR) is 76.9 cm³/mol. The molecule has 1 heterocycles. The molecule has 2 nitrogen and oxygen atoms in total. The van der Waals surface area contributed by atoms with Crippen molar-refractivity contribution < 1.29 is 4.74 Å². The van der Waals surface area contributed by atoms with E-state index in [0.717, 1.165) is 36.2 Å². The van der Waals surface area contributed by atoms with E-state index in [4.69, 9.17) is 4.74 Å². The average Bonchev–Trinajstić information content (AvgIpc) is 2.38. The fraction of sp³-hybridized carbons (Fsp3) is 1.00. The van der Waals surface area contributed by atoms with E-state index in [1.165, 1.54) is 25.9 Å². The van der Waals surface area contributed by atoms with Gasteiger partial charge >= 0.3 is 0 Å². The van der Waals surface area contributed by atoms with Crippen LogP contribution in [0.3, 0.4) is 0 Å². The number of piperidine rings is 1. The van der Waals surface area contributed by atoms with Gasteiger partial charge < -0.3 is 10.1 Å². The van der Waals surface area contributed by atoms with Gasteiger partial charge in [0.05, 0.1) is 6.61 Å². The third kappa shape index (κ3) is 1.98. The molecule has 0 aromatic heterocycles. The Labute approximate surface area is 117 Å². The fourth-order valence-electron chi connectivity index (χ4n) is 6.71. The first-order valence-corrected chi connectivity index (χ1v) is 8.50. The molecule has 0 aromatic carbocycles. The second-order valence-corrected chi connectivity index (χ2v) is 8.00. The highest BCUT2D eigenvalue weighted by Gasteiger charge is 2.55. The summed E-state index contributed by atoms with van der Waals surface area (Å²) in [7, 11) is 1.92. The summed E-state index contributed by atoms with van der Waals surface area (Å²) in [4.78, 5) is 0. The zero-order valence-corrected chi connectivity index (χ0v) is 12.4. The Balaban J connectivity index is 1.62. The van der Waals surface area contributed by atoms with Crippen LogP contribution in [0.4, 0.5) is 0 Å². The summed E-state index contributed by atoms with van der Waals surface area (Å²) in [6, 6.07) is 0. The van der Waals surface area contributed by atoms with Crippen LogP contribution < -0.4 is 5.32 Å². The summed E-state index contributed by atoms with van der Waals surface area (Å²) in [6.07, 6.45) is 10.5. The zero-order valence-electron chi connectivity index (χ0n) is 12.4. The molecule has 0 aromatic rings. The van der Waals surface area contributed by atoms with Crippen LogP contribution in [0.5, 0.6) is 0 Å². The highest BCUT2D eigenvalue weighted by Crippen LogP contribution is 2.62. The molecule has 1 aliphatic heterocycles. The Morgan fingerprint density at radius 3 is 2.05 bits per heavy atom. The van der Waals surface area contributed by atoms with E-state index in [1.807, 2.05) is 7.11 Å². The van der Waals surface area contributed by atoms with Gasteiger partial charge in [0.15, 0.2) is 0 Å². The lowest BCUT2D eigenvalue weighted by Gasteiger charge is -2.61. The second-order valence-electron chi connectivity index (χ2n) is 8.00. The van der Waals surface area contributed by atoms with Gasteiger partial charge in [-0.05, 0) is 93.0 Å². The average molecular weight is 263 g/mol. The third-order valence-corrected chi connectivity index (χ3v) is 6.96. The lowest BCUT2D eigenvalue weighted by atomic mass is 9.45. The summed E-state index contributed by atoms with van der Waals surface area (Å²) < 4.78 is 5.71. The SMILES string of the molecule is COCC1(C2C3CC4CC(C3)CC2C4)CCNCC1. The molecule has 1 saturated heterocycles. The van der Waals surface area contributed by atoms with Crippen LogP contribution in [0.25, 0.3) is 0 Å². The molecule has 19 heavy (non-hydrogen) atoms. The van der Waals surface area contributed by atoms with Gasteiger partial charge in [-0.3, -0.25) is 0 Å². The van der Waals surface area contributed by atoms with Crippen LogP contribution in [-0.2, 0) is 4.74 Å². The van der Waals surface area contributed by atoms with Gasteiger partial charge in [0.2, 0.25) is 0 Å². The summed E-state index contributed by atoms with van der Waals surface area (Å²) >= 11 is 0. The minimum absolute atomic E-state index is 0.516. The monoisotopic (exact) mass is 263 g/mol. The number of ether oxygens (including phenoxy) is 1. The molecule has 4 bridgehead atoms. The molecule has 0 radical (unpaired) electrons. The van der Waals surface area contributed by atoms with E-state index in [2.05, 4.69) is 5.32 Å². The van der Waals surface area contributed by atoms with E-state index in [9.17, 15) is 0 Å². The van der Waals surface area contributed by atoms with E-state index in [0.29, 0.717) is 5.41 Å². The number of hydrogen-bond acceptors (Lipinski definition) is 2. The zero-order chi connectivity index (χ0) is 12.9. The van der Waals surface area contributed by atoms with Gasteiger partial charge in [0, 0.05) is 7.11 Å². The minimum Gasteiger partial charge on any atom is -0.384 e. The Kier molecular flexibility index (Phi) is 3.15. The molecule has 2 heteroatoms. The van der Waals surface area contributed by atoms with E-state index >= 15 is 0 Å². The van der Waals surface area contributed by atoms with Crippen molar-refractivity contribution in [1.82, 2.24) is 5.32 Å². The lowest BCUT2D eigenvalue weighted by Crippen LogP contribution is -2.55. The molecule has 5 aliphatic rings. The van der Waals surface area contributed by atoms with Crippen molar-refractivity contribution in [3.63, 3.8) is 0 Å². The quantitative estimate of drug-likeness (QED) is 0.845. The van der Waals surface area contributed by atoms with Crippen molar-refractivity contribution in [1.29, 1.82) is 0 Å². The molecular weight excluding hydrogens is 234 g/mol. The van der Waals surface area contributed by atoms with E-state index < -0.39 is 0 Å². The molecule has 5 fully saturated rings. The molecule has 4 saturated carbocycles. The van der Waals surface area contributed by atoms with Gasteiger partial charge in [-0.15, -0.1) is 0 Å². The standard InChI is InChI=1S/C17H29NO/c1-19-11-17(2-4-18-5-3-17)16-14-7-12-6-13(9-14)10-15(16)8-12/h12-16,18H,2-11H2,1H3. The normalized spacial score (nSPS) is 47.5. The molecule has 5 rings (SSSR count). The molecule has 108 valence electrons.